The fourth-order valence-electron chi connectivity index (χ4n) is 1.59. The van der Waals surface area contributed by atoms with Crippen LogP contribution in [0.5, 0.6) is 0 Å². The summed E-state index contributed by atoms with van der Waals surface area (Å²) in [6, 6.07) is 0. The van der Waals surface area contributed by atoms with Crippen molar-refractivity contribution in [2.24, 2.45) is 0 Å². The number of aromatic nitrogens is 2. The van der Waals surface area contributed by atoms with E-state index < -0.39 is 0 Å². The number of nitrogens with zero attached hydrogens (tertiary/aromatic N) is 3. The first kappa shape index (κ1) is 13.1. The van der Waals surface area contributed by atoms with Crippen LogP contribution in [-0.4, -0.2) is 35.6 Å². The molecule has 4 nitrogen and oxygen atoms in total. The van der Waals surface area contributed by atoms with Gasteiger partial charge in [0.1, 0.15) is 18.0 Å². The Hall–Kier alpha value is -0.970. The maximum absolute atomic E-state index is 5.91. The number of nitrogens with two attached hydrogens (primary N) is 1. The summed E-state index contributed by atoms with van der Waals surface area (Å²) in [5.41, 5.74) is 6.95. The molecule has 0 bridgehead atoms. The summed E-state index contributed by atoms with van der Waals surface area (Å²) in [5, 5.41) is 0. The van der Waals surface area contributed by atoms with Gasteiger partial charge in [0.15, 0.2) is 0 Å². The van der Waals surface area contributed by atoms with Crippen LogP contribution < -0.4 is 10.6 Å². The fourth-order valence-corrected chi connectivity index (χ4v) is 2.05. The lowest BCUT2D eigenvalue weighted by Gasteiger charge is -2.22. The molecule has 0 aliphatic heterocycles. The molecule has 0 aliphatic rings. The molecule has 1 aromatic heterocycles. The Labute approximate surface area is 102 Å². The molecule has 0 aliphatic carbocycles. The smallest absolute Gasteiger partial charge is 0.137 e. The summed E-state index contributed by atoms with van der Waals surface area (Å²) < 4.78 is 0. The van der Waals surface area contributed by atoms with Crippen LogP contribution in [0.1, 0.15) is 25.3 Å². The number of thioether (sulfide) groups is 1. The molecule has 0 aromatic carbocycles. The van der Waals surface area contributed by atoms with Gasteiger partial charge in [0.2, 0.25) is 0 Å². The summed E-state index contributed by atoms with van der Waals surface area (Å²) in [5.74, 6) is 2.97. The van der Waals surface area contributed by atoms with Gasteiger partial charge in [0.25, 0.3) is 0 Å². The monoisotopic (exact) mass is 240 g/mol. The molecule has 0 spiro atoms. The molecule has 16 heavy (non-hydrogen) atoms. The Bertz CT molecular complexity index is 341. The summed E-state index contributed by atoms with van der Waals surface area (Å²) in [7, 11) is 2.05. The standard InChI is InChI=1S/C11H20N4S/c1-8(2)9-10(12)13-7-14-11(9)15(3)5-6-16-4/h7-8H,5-6H2,1-4H3,(H2,12,13,14). The zero-order valence-corrected chi connectivity index (χ0v) is 11.2. The SMILES string of the molecule is CSCCN(C)c1ncnc(N)c1C(C)C. The molecule has 0 radical (unpaired) electrons. The van der Waals surface area contributed by atoms with Crippen molar-refractivity contribution in [2.45, 2.75) is 19.8 Å². The normalized spacial score (nSPS) is 10.8. The number of hydrogen-bond acceptors (Lipinski definition) is 5. The number of rotatable bonds is 5. The molecule has 1 rings (SSSR count). The highest BCUT2D eigenvalue weighted by Gasteiger charge is 2.15. The topological polar surface area (TPSA) is 55.0 Å². The molecule has 0 amide bonds. The van der Waals surface area contributed by atoms with E-state index in [1.807, 2.05) is 18.8 Å². The van der Waals surface area contributed by atoms with Crippen LogP contribution in [-0.2, 0) is 0 Å². The fraction of sp³-hybridized carbons (Fsp3) is 0.636. The van der Waals surface area contributed by atoms with Crippen molar-refractivity contribution in [3.05, 3.63) is 11.9 Å². The average Bonchev–Trinajstić information content (AvgIpc) is 2.24. The van der Waals surface area contributed by atoms with Crippen LogP contribution in [0.15, 0.2) is 6.33 Å². The average molecular weight is 240 g/mol. The van der Waals surface area contributed by atoms with Gasteiger partial charge < -0.3 is 10.6 Å². The number of anilines is 2. The molecule has 1 heterocycles. The second-order valence-electron chi connectivity index (χ2n) is 4.07. The molecule has 2 N–H and O–H groups in total. The Kier molecular flexibility index (Phi) is 4.86. The Morgan fingerprint density at radius 2 is 2.12 bits per heavy atom. The van der Waals surface area contributed by atoms with E-state index in [2.05, 4.69) is 35.0 Å². The first-order valence-electron chi connectivity index (χ1n) is 5.38. The molecule has 0 atom stereocenters. The zero-order valence-electron chi connectivity index (χ0n) is 10.4. The highest BCUT2D eigenvalue weighted by atomic mass is 32.2. The zero-order chi connectivity index (χ0) is 12.1. The van der Waals surface area contributed by atoms with Crippen molar-refractivity contribution in [2.75, 3.05) is 36.2 Å². The van der Waals surface area contributed by atoms with Crippen molar-refractivity contribution < 1.29 is 0 Å². The largest absolute Gasteiger partial charge is 0.383 e. The third-order valence-corrected chi connectivity index (χ3v) is 3.05. The summed E-state index contributed by atoms with van der Waals surface area (Å²) in [4.78, 5) is 10.5. The van der Waals surface area contributed by atoms with E-state index in [0.29, 0.717) is 11.7 Å². The van der Waals surface area contributed by atoms with Gasteiger partial charge in [0, 0.05) is 24.9 Å². The second kappa shape index (κ2) is 5.94. The molecule has 1 aromatic rings. The third kappa shape index (κ3) is 3.01. The third-order valence-electron chi connectivity index (χ3n) is 2.46. The van der Waals surface area contributed by atoms with Crippen molar-refractivity contribution in [1.82, 2.24) is 9.97 Å². The van der Waals surface area contributed by atoms with Gasteiger partial charge in [-0.15, -0.1) is 0 Å². The van der Waals surface area contributed by atoms with Crippen molar-refractivity contribution in [1.29, 1.82) is 0 Å². The van der Waals surface area contributed by atoms with Gasteiger partial charge in [0.05, 0.1) is 0 Å². The highest BCUT2D eigenvalue weighted by Crippen LogP contribution is 2.28. The van der Waals surface area contributed by atoms with E-state index in [1.54, 1.807) is 0 Å². The molecular formula is C11H20N4S. The van der Waals surface area contributed by atoms with E-state index in [1.165, 1.54) is 6.33 Å². The highest BCUT2D eigenvalue weighted by molar-refractivity contribution is 7.98. The van der Waals surface area contributed by atoms with Crippen LogP contribution in [0.3, 0.4) is 0 Å². The minimum absolute atomic E-state index is 0.341. The van der Waals surface area contributed by atoms with Gasteiger partial charge in [-0.2, -0.15) is 11.8 Å². The summed E-state index contributed by atoms with van der Waals surface area (Å²) in [6.07, 6.45) is 3.64. The van der Waals surface area contributed by atoms with Crippen molar-refractivity contribution in [3.8, 4) is 0 Å². The predicted octanol–water partition coefficient (Wildman–Crippen LogP) is 1.98. The van der Waals surface area contributed by atoms with Crippen molar-refractivity contribution >= 4 is 23.4 Å². The Morgan fingerprint density at radius 3 is 2.69 bits per heavy atom. The van der Waals surface area contributed by atoms with E-state index in [-0.39, 0.29) is 0 Å². The second-order valence-corrected chi connectivity index (χ2v) is 5.05. The lowest BCUT2D eigenvalue weighted by atomic mass is 10.0. The first-order valence-corrected chi connectivity index (χ1v) is 6.77. The van der Waals surface area contributed by atoms with Crippen LogP contribution in [0.2, 0.25) is 0 Å². The van der Waals surface area contributed by atoms with Crippen LogP contribution in [0.25, 0.3) is 0 Å². The minimum Gasteiger partial charge on any atom is -0.383 e. The molecule has 5 heteroatoms. The predicted molar refractivity (Wildman–Crippen MR) is 72.2 cm³/mol. The Balaban J connectivity index is 2.98. The van der Waals surface area contributed by atoms with E-state index in [9.17, 15) is 0 Å². The van der Waals surface area contributed by atoms with Crippen LogP contribution >= 0.6 is 11.8 Å². The van der Waals surface area contributed by atoms with Crippen molar-refractivity contribution in [3.63, 3.8) is 0 Å². The van der Waals surface area contributed by atoms with Gasteiger partial charge in [-0.1, -0.05) is 13.8 Å². The molecule has 0 unspecified atom stereocenters. The van der Waals surface area contributed by atoms with Gasteiger partial charge in [-0.05, 0) is 12.2 Å². The lowest BCUT2D eigenvalue weighted by molar-refractivity contribution is 0.825. The quantitative estimate of drug-likeness (QED) is 0.853. The maximum atomic E-state index is 5.91. The molecule has 0 fully saturated rings. The lowest BCUT2D eigenvalue weighted by Crippen LogP contribution is -2.24. The van der Waals surface area contributed by atoms with Gasteiger partial charge >= 0.3 is 0 Å². The van der Waals surface area contributed by atoms with Gasteiger partial charge in [-0.3, -0.25) is 0 Å². The van der Waals surface area contributed by atoms with Gasteiger partial charge in [-0.25, -0.2) is 9.97 Å². The molecular weight excluding hydrogens is 220 g/mol. The molecule has 0 saturated carbocycles. The minimum atomic E-state index is 0.341. The summed E-state index contributed by atoms with van der Waals surface area (Å²) >= 11 is 1.83. The number of nitrogen functional groups attached to an aromatic ring is 1. The maximum Gasteiger partial charge on any atom is 0.137 e. The molecule has 0 saturated heterocycles. The Morgan fingerprint density at radius 1 is 1.44 bits per heavy atom. The number of hydrogen-bond donors (Lipinski definition) is 1. The summed E-state index contributed by atoms with van der Waals surface area (Å²) in [6.45, 7) is 5.19. The van der Waals surface area contributed by atoms with Crippen LogP contribution in [0, 0.1) is 0 Å². The molecule has 90 valence electrons. The van der Waals surface area contributed by atoms with E-state index >= 15 is 0 Å². The van der Waals surface area contributed by atoms with E-state index in [0.717, 1.165) is 23.7 Å². The van der Waals surface area contributed by atoms with E-state index in [4.69, 9.17) is 5.73 Å². The first-order chi connectivity index (χ1) is 7.57. The van der Waals surface area contributed by atoms with Crippen LogP contribution in [0.4, 0.5) is 11.6 Å².